The van der Waals surface area contributed by atoms with E-state index in [1.807, 2.05) is 26.0 Å². The Morgan fingerprint density at radius 2 is 2.20 bits per heavy atom. The lowest BCUT2D eigenvalue weighted by atomic mass is 10.2. The maximum absolute atomic E-state index is 11.6. The first-order chi connectivity index (χ1) is 7.08. The normalized spacial score (nSPS) is 21.1. The van der Waals surface area contributed by atoms with Crippen molar-refractivity contribution in [1.29, 1.82) is 0 Å². The second-order valence-corrected chi connectivity index (χ2v) is 4.03. The molecule has 1 aliphatic heterocycles. The van der Waals surface area contributed by atoms with Crippen LogP contribution in [0.2, 0.25) is 0 Å². The van der Waals surface area contributed by atoms with Gasteiger partial charge in [0.25, 0.3) is 0 Å². The second kappa shape index (κ2) is 3.62. The van der Waals surface area contributed by atoms with E-state index in [9.17, 15) is 4.79 Å². The van der Waals surface area contributed by atoms with E-state index in [-0.39, 0.29) is 11.9 Å². The molecule has 2 N–H and O–H groups in total. The Hall–Kier alpha value is -1.42. The van der Waals surface area contributed by atoms with Gasteiger partial charge in [-0.3, -0.25) is 9.78 Å². The Labute approximate surface area is 89.1 Å². The maximum Gasteiger partial charge on any atom is 0.228 e. The fraction of sp³-hybridized carbons (Fsp3) is 0.455. The van der Waals surface area contributed by atoms with Gasteiger partial charge in [-0.2, -0.15) is 0 Å². The largest absolute Gasteiger partial charge is 0.326 e. The van der Waals surface area contributed by atoms with Crippen LogP contribution < -0.4 is 10.6 Å². The van der Waals surface area contributed by atoms with E-state index >= 15 is 0 Å². The van der Waals surface area contributed by atoms with Crippen molar-refractivity contribution in [3.05, 3.63) is 23.5 Å². The van der Waals surface area contributed by atoms with E-state index in [1.54, 1.807) is 4.90 Å². The van der Waals surface area contributed by atoms with Crippen LogP contribution in [0.1, 0.15) is 17.8 Å². The summed E-state index contributed by atoms with van der Waals surface area (Å²) >= 11 is 0. The van der Waals surface area contributed by atoms with Gasteiger partial charge in [-0.05, 0) is 26.0 Å². The van der Waals surface area contributed by atoms with E-state index in [2.05, 4.69) is 4.98 Å². The third kappa shape index (κ3) is 1.85. The average molecular weight is 205 g/mol. The Balaban J connectivity index is 2.34. The van der Waals surface area contributed by atoms with E-state index in [0.29, 0.717) is 13.0 Å². The van der Waals surface area contributed by atoms with Gasteiger partial charge < -0.3 is 10.6 Å². The summed E-state index contributed by atoms with van der Waals surface area (Å²) in [6.07, 6.45) is 0.438. The summed E-state index contributed by atoms with van der Waals surface area (Å²) in [4.78, 5) is 17.7. The van der Waals surface area contributed by atoms with Crippen molar-refractivity contribution in [3.63, 3.8) is 0 Å². The number of amides is 1. The van der Waals surface area contributed by atoms with E-state index in [4.69, 9.17) is 5.73 Å². The molecule has 1 aromatic rings. The van der Waals surface area contributed by atoms with Gasteiger partial charge in [0.05, 0.1) is 11.4 Å². The van der Waals surface area contributed by atoms with Crippen molar-refractivity contribution >= 4 is 11.6 Å². The highest BCUT2D eigenvalue weighted by Crippen LogP contribution is 2.23. The van der Waals surface area contributed by atoms with Gasteiger partial charge in [-0.1, -0.05) is 0 Å². The lowest BCUT2D eigenvalue weighted by molar-refractivity contribution is -0.117. The van der Waals surface area contributed by atoms with E-state index in [0.717, 1.165) is 17.1 Å². The lowest BCUT2D eigenvalue weighted by Gasteiger charge is -2.18. The zero-order valence-corrected chi connectivity index (χ0v) is 9.03. The zero-order chi connectivity index (χ0) is 11.0. The molecule has 0 bridgehead atoms. The molecule has 4 heteroatoms. The summed E-state index contributed by atoms with van der Waals surface area (Å²) in [5.41, 5.74) is 8.49. The number of aromatic nitrogens is 1. The highest BCUT2D eigenvalue weighted by molar-refractivity contribution is 5.96. The molecular weight excluding hydrogens is 190 g/mol. The minimum atomic E-state index is -0.0433. The molecule has 2 heterocycles. The predicted octanol–water partition coefficient (Wildman–Crippen LogP) is 0.762. The molecule has 1 aliphatic rings. The zero-order valence-electron chi connectivity index (χ0n) is 9.03. The van der Waals surface area contributed by atoms with Crippen molar-refractivity contribution < 1.29 is 4.79 Å². The summed E-state index contributed by atoms with van der Waals surface area (Å²) in [6, 6.07) is 3.81. The molecule has 80 valence electrons. The number of pyridine rings is 1. The number of nitrogens with zero attached hydrogens (tertiary/aromatic N) is 2. The first kappa shape index (κ1) is 10.1. The Kier molecular flexibility index (Phi) is 2.44. The molecule has 0 saturated carbocycles. The summed E-state index contributed by atoms with van der Waals surface area (Å²) in [6.45, 7) is 4.46. The number of rotatable bonds is 1. The number of carbonyl (C=O) groups excluding carboxylic acids is 1. The summed E-state index contributed by atoms with van der Waals surface area (Å²) < 4.78 is 0. The molecule has 1 aromatic heterocycles. The quantitative estimate of drug-likeness (QED) is 0.736. The van der Waals surface area contributed by atoms with Crippen LogP contribution in [-0.2, 0) is 4.79 Å². The lowest BCUT2D eigenvalue weighted by Crippen LogP contribution is -2.28. The fourth-order valence-corrected chi connectivity index (χ4v) is 1.93. The first-order valence-electron chi connectivity index (χ1n) is 5.08. The Morgan fingerprint density at radius 1 is 1.47 bits per heavy atom. The Morgan fingerprint density at radius 3 is 2.73 bits per heavy atom. The van der Waals surface area contributed by atoms with Crippen LogP contribution in [0.4, 0.5) is 5.69 Å². The smallest absolute Gasteiger partial charge is 0.228 e. The number of nitrogens with two attached hydrogens (primary N) is 1. The van der Waals surface area contributed by atoms with Crippen molar-refractivity contribution in [3.8, 4) is 0 Å². The summed E-state index contributed by atoms with van der Waals surface area (Å²) in [7, 11) is 0. The van der Waals surface area contributed by atoms with E-state index in [1.165, 1.54) is 0 Å². The minimum absolute atomic E-state index is 0.0433. The standard InChI is InChI=1S/C11H15N3O/c1-7-3-4-10(8(2)13-7)14-6-9(12)5-11(14)15/h3-4,9H,5-6,12H2,1-2H3. The van der Waals surface area contributed by atoms with Crippen molar-refractivity contribution in [1.82, 2.24) is 4.98 Å². The molecule has 1 unspecified atom stereocenters. The minimum Gasteiger partial charge on any atom is -0.326 e. The molecule has 0 radical (unpaired) electrons. The average Bonchev–Trinajstić information content (AvgIpc) is 2.45. The van der Waals surface area contributed by atoms with Gasteiger partial charge in [0.1, 0.15) is 0 Å². The van der Waals surface area contributed by atoms with Crippen molar-refractivity contribution in [2.45, 2.75) is 26.3 Å². The molecule has 2 rings (SSSR count). The van der Waals surface area contributed by atoms with Gasteiger partial charge in [-0.15, -0.1) is 0 Å². The highest BCUT2D eigenvalue weighted by Gasteiger charge is 2.29. The topological polar surface area (TPSA) is 59.2 Å². The Bertz CT molecular complexity index is 403. The highest BCUT2D eigenvalue weighted by atomic mass is 16.2. The molecule has 4 nitrogen and oxygen atoms in total. The van der Waals surface area contributed by atoms with Crippen LogP contribution in [0.5, 0.6) is 0 Å². The molecule has 0 aromatic carbocycles. The van der Waals surface area contributed by atoms with Gasteiger partial charge in [0.2, 0.25) is 5.91 Å². The molecule has 1 atom stereocenters. The fourth-order valence-electron chi connectivity index (χ4n) is 1.93. The molecule has 1 amide bonds. The number of aryl methyl sites for hydroxylation is 2. The predicted molar refractivity (Wildman–Crippen MR) is 58.7 cm³/mol. The van der Waals surface area contributed by atoms with Gasteiger partial charge in [0, 0.05) is 24.7 Å². The SMILES string of the molecule is Cc1ccc(N2CC(N)CC2=O)c(C)n1. The van der Waals surface area contributed by atoms with Crippen LogP contribution in [-0.4, -0.2) is 23.5 Å². The molecular formula is C11H15N3O. The van der Waals surface area contributed by atoms with Crippen LogP contribution in [0.3, 0.4) is 0 Å². The second-order valence-electron chi connectivity index (χ2n) is 4.03. The van der Waals surface area contributed by atoms with Crippen molar-refractivity contribution in [2.75, 3.05) is 11.4 Å². The molecule has 0 spiro atoms. The van der Waals surface area contributed by atoms with Crippen LogP contribution >= 0.6 is 0 Å². The monoisotopic (exact) mass is 205 g/mol. The van der Waals surface area contributed by atoms with E-state index < -0.39 is 0 Å². The number of anilines is 1. The number of hydrogen-bond acceptors (Lipinski definition) is 3. The third-order valence-corrected chi connectivity index (χ3v) is 2.64. The summed E-state index contributed by atoms with van der Waals surface area (Å²) in [5.74, 6) is 0.0938. The van der Waals surface area contributed by atoms with Gasteiger partial charge in [0.15, 0.2) is 0 Å². The van der Waals surface area contributed by atoms with Crippen LogP contribution in [0.15, 0.2) is 12.1 Å². The molecule has 15 heavy (non-hydrogen) atoms. The van der Waals surface area contributed by atoms with Gasteiger partial charge >= 0.3 is 0 Å². The molecule has 0 aliphatic carbocycles. The third-order valence-electron chi connectivity index (χ3n) is 2.64. The van der Waals surface area contributed by atoms with Gasteiger partial charge in [-0.25, -0.2) is 0 Å². The van der Waals surface area contributed by atoms with Crippen molar-refractivity contribution in [2.24, 2.45) is 5.73 Å². The first-order valence-corrected chi connectivity index (χ1v) is 5.08. The molecule has 1 fully saturated rings. The van der Waals surface area contributed by atoms with Crippen LogP contribution in [0.25, 0.3) is 0 Å². The number of hydrogen-bond donors (Lipinski definition) is 1. The summed E-state index contributed by atoms with van der Waals surface area (Å²) in [5, 5.41) is 0. The maximum atomic E-state index is 11.6. The van der Waals surface area contributed by atoms with Crippen LogP contribution in [0, 0.1) is 13.8 Å². The number of carbonyl (C=O) groups is 1. The molecule has 1 saturated heterocycles.